The van der Waals surface area contributed by atoms with E-state index in [1.54, 1.807) is 24.3 Å². The van der Waals surface area contributed by atoms with Crippen molar-refractivity contribution in [2.24, 2.45) is 5.92 Å². The molecule has 0 saturated heterocycles. The molecule has 0 aliphatic heterocycles. The molecular weight excluding hydrogens is 322 g/mol. The number of benzene rings is 2. The van der Waals surface area contributed by atoms with E-state index in [9.17, 15) is 13.6 Å². The van der Waals surface area contributed by atoms with Crippen LogP contribution in [0.5, 0.6) is 0 Å². The highest BCUT2D eigenvalue weighted by molar-refractivity contribution is 5.99. The van der Waals surface area contributed by atoms with Crippen LogP contribution >= 0.6 is 0 Å². The number of hydrogen-bond acceptors (Lipinski definition) is 1. The molecule has 132 valence electrons. The fraction of sp³-hybridized carbons (Fsp3) is 0.350. The molecule has 25 heavy (non-hydrogen) atoms. The number of nitrogens with one attached hydrogen (secondary N) is 1. The molecule has 0 bridgehead atoms. The number of amides is 2. The van der Waals surface area contributed by atoms with Crippen LogP contribution in [0.1, 0.15) is 32.1 Å². The van der Waals surface area contributed by atoms with Gasteiger partial charge in [-0.1, -0.05) is 37.5 Å². The van der Waals surface area contributed by atoms with E-state index in [0.29, 0.717) is 18.2 Å². The minimum Gasteiger partial charge on any atom is -0.337 e. The lowest BCUT2D eigenvalue weighted by atomic mass is 9.89. The average molecular weight is 344 g/mol. The van der Waals surface area contributed by atoms with Crippen molar-refractivity contribution in [2.45, 2.75) is 32.1 Å². The van der Waals surface area contributed by atoms with Crippen molar-refractivity contribution in [1.29, 1.82) is 0 Å². The zero-order valence-corrected chi connectivity index (χ0v) is 14.1. The summed E-state index contributed by atoms with van der Waals surface area (Å²) in [6.07, 6.45) is 5.86. The van der Waals surface area contributed by atoms with Crippen molar-refractivity contribution < 1.29 is 13.6 Å². The molecule has 2 amide bonds. The molecule has 1 aliphatic rings. The van der Waals surface area contributed by atoms with Crippen molar-refractivity contribution in [1.82, 2.24) is 5.32 Å². The molecular formula is C20H22F2N2O. The van der Waals surface area contributed by atoms with Gasteiger partial charge in [-0.25, -0.2) is 13.6 Å². The Bertz CT molecular complexity index is 695. The monoisotopic (exact) mass is 344 g/mol. The summed E-state index contributed by atoms with van der Waals surface area (Å²) >= 11 is 0. The number of nitrogens with zero attached hydrogens (tertiary/aromatic N) is 1. The summed E-state index contributed by atoms with van der Waals surface area (Å²) in [4.78, 5) is 14.1. The van der Waals surface area contributed by atoms with Crippen LogP contribution in [0.4, 0.5) is 25.0 Å². The predicted molar refractivity (Wildman–Crippen MR) is 94.9 cm³/mol. The molecule has 1 aliphatic carbocycles. The first kappa shape index (κ1) is 17.4. The third-order valence-corrected chi connectivity index (χ3v) is 4.59. The third-order valence-electron chi connectivity index (χ3n) is 4.59. The number of carbonyl (C=O) groups is 1. The van der Waals surface area contributed by atoms with Gasteiger partial charge in [-0.2, -0.15) is 0 Å². The van der Waals surface area contributed by atoms with E-state index < -0.39 is 11.6 Å². The van der Waals surface area contributed by atoms with E-state index in [4.69, 9.17) is 0 Å². The molecule has 0 radical (unpaired) electrons. The Hall–Kier alpha value is -2.43. The lowest BCUT2D eigenvalue weighted by molar-refractivity contribution is 0.244. The molecule has 0 unspecified atom stereocenters. The second-order valence-corrected chi connectivity index (χ2v) is 6.49. The highest BCUT2D eigenvalue weighted by Gasteiger charge is 2.21. The molecule has 3 nitrogen and oxygen atoms in total. The number of hydrogen-bond donors (Lipinski definition) is 1. The summed E-state index contributed by atoms with van der Waals surface area (Å²) in [5.74, 6) is -0.952. The highest BCUT2D eigenvalue weighted by Crippen LogP contribution is 2.27. The SMILES string of the molecule is O=C(NCC1CCCCC1)N(c1ccccc1)c1cc(F)cc(F)c1. The zero-order valence-electron chi connectivity index (χ0n) is 14.1. The first-order valence-corrected chi connectivity index (χ1v) is 8.72. The number of rotatable bonds is 4. The van der Waals surface area contributed by atoms with E-state index in [0.717, 1.165) is 31.0 Å². The molecule has 1 fully saturated rings. The summed E-state index contributed by atoms with van der Waals surface area (Å²) in [5, 5.41) is 2.93. The normalized spacial score (nSPS) is 15.0. The molecule has 2 aromatic rings. The maximum absolute atomic E-state index is 13.6. The van der Waals surface area contributed by atoms with Gasteiger partial charge < -0.3 is 5.32 Å². The van der Waals surface area contributed by atoms with Gasteiger partial charge in [0.2, 0.25) is 0 Å². The second-order valence-electron chi connectivity index (χ2n) is 6.49. The van der Waals surface area contributed by atoms with Gasteiger partial charge in [0.1, 0.15) is 11.6 Å². The van der Waals surface area contributed by atoms with Gasteiger partial charge in [0.25, 0.3) is 0 Å². The summed E-state index contributed by atoms with van der Waals surface area (Å²) in [6, 6.07) is 11.6. The van der Waals surface area contributed by atoms with Crippen molar-refractivity contribution in [2.75, 3.05) is 11.4 Å². The molecule has 0 atom stereocenters. The fourth-order valence-corrected chi connectivity index (χ4v) is 3.33. The van der Waals surface area contributed by atoms with Gasteiger partial charge in [0, 0.05) is 12.6 Å². The number of carbonyl (C=O) groups excluding carboxylic acids is 1. The molecule has 0 aromatic heterocycles. The van der Waals surface area contributed by atoms with Gasteiger partial charge >= 0.3 is 6.03 Å². The lowest BCUT2D eigenvalue weighted by Gasteiger charge is -2.26. The lowest BCUT2D eigenvalue weighted by Crippen LogP contribution is -2.39. The van der Waals surface area contributed by atoms with E-state index in [1.165, 1.54) is 24.2 Å². The largest absolute Gasteiger partial charge is 0.337 e. The highest BCUT2D eigenvalue weighted by atomic mass is 19.1. The molecule has 0 spiro atoms. The van der Waals surface area contributed by atoms with Gasteiger partial charge in [-0.15, -0.1) is 0 Å². The Morgan fingerprint density at radius 1 is 0.960 bits per heavy atom. The summed E-state index contributed by atoms with van der Waals surface area (Å²) < 4.78 is 27.3. The van der Waals surface area contributed by atoms with Gasteiger partial charge in [-0.3, -0.25) is 4.90 Å². The Labute approximate surface area is 146 Å². The van der Waals surface area contributed by atoms with Gasteiger partial charge in [0.15, 0.2) is 0 Å². The third kappa shape index (κ3) is 4.56. The van der Waals surface area contributed by atoms with Crippen LogP contribution in [-0.4, -0.2) is 12.6 Å². The first-order chi connectivity index (χ1) is 12.1. The van der Waals surface area contributed by atoms with Gasteiger partial charge in [0.05, 0.1) is 11.4 Å². The molecule has 1 saturated carbocycles. The summed E-state index contributed by atoms with van der Waals surface area (Å²) in [5.41, 5.74) is 0.735. The Kier molecular flexibility index (Phi) is 5.64. The van der Waals surface area contributed by atoms with E-state index in [-0.39, 0.29) is 11.7 Å². The fourth-order valence-electron chi connectivity index (χ4n) is 3.33. The maximum Gasteiger partial charge on any atom is 0.326 e. The Balaban J connectivity index is 1.82. The second kappa shape index (κ2) is 8.10. The quantitative estimate of drug-likeness (QED) is 0.792. The van der Waals surface area contributed by atoms with Crippen LogP contribution in [0, 0.1) is 17.6 Å². The van der Waals surface area contributed by atoms with Crippen molar-refractivity contribution >= 4 is 17.4 Å². The molecule has 2 aromatic carbocycles. The van der Waals surface area contributed by atoms with Crippen LogP contribution in [0.25, 0.3) is 0 Å². The molecule has 5 heteroatoms. The van der Waals surface area contributed by atoms with Crippen LogP contribution in [0.2, 0.25) is 0 Å². The minimum atomic E-state index is -0.712. The van der Waals surface area contributed by atoms with Crippen molar-refractivity contribution in [3.63, 3.8) is 0 Å². The number of urea groups is 1. The topological polar surface area (TPSA) is 32.3 Å². The van der Waals surface area contributed by atoms with Crippen molar-refractivity contribution in [3.05, 3.63) is 60.2 Å². The predicted octanol–water partition coefficient (Wildman–Crippen LogP) is 5.39. The Morgan fingerprint density at radius 2 is 1.60 bits per heavy atom. The minimum absolute atomic E-state index is 0.171. The van der Waals surface area contributed by atoms with Gasteiger partial charge in [-0.05, 0) is 43.0 Å². The van der Waals surface area contributed by atoms with E-state index in [2.05, 4.69) is 5.32 Å². The van der Waals surface area contributed by atoms with Crippen LogP contribution in [-0.2, 0) is 0 Å². The van der Waals surface area contributed by atoms with Crippen LogP contribution in [0.3, 0.4) is 0 Å². The standard InChI is InChI=1S/C20H22F2N2O/c21-16-11-17(22)13-19(12-16)24(18-9-5-2-6-10-18)20(25)23-14-15-7-3-1-4-8-15/h2,5-6,9-13,15H,1,3-4,7-8,14H2,(H,23,25). The smallest absolute Gasteiger partial charge is 0.326 e. The number of anilines is 2. The number of para-hydroxylation sites is 1. The average Bonchev–Trinajstić information content (AvgIpc) is 2.61. The summed E-state index contributed by atoms with van der Waals surface area (Å²) in [7, 11) is 0. The van der Waals surface area contributed by atoms with Crippen molar-refractivity contribution in [3.8, 4) is 0 Å². The molecule has 0 heterocycles. The summed E-state index contributed by atoms with van der Waals surface area (Å²) in [6.45, 7) is 0.583. The number of halogens is 2. The Morgan fingerprint density at radius 3 is 2.24 bits per heavy atom. The zero-order chi connectivity index (χ0) is 17.6. The molecule has 3 rings (SSSR count). The van der Waals surface area contributed by atoms with Crippen LogP contribution < -0.4 is 10.2 Å². The van der Waals surface area contributed by atoms with E-state index in [1.807, 2.05) is 6.07 Å². The van der Waals surface area contributed by atoms with E-state index >= 15 is 0 Å². The van der Waals surface area contributed by atoms with Crippen LogP contribution in [0.15, 0.2) is 48.5 Å². The maximum atomic E-state index is 13.6. The first-order valence-electron chi connectivity index (χ1n) is 8.72. The molecule has 1 N–H and O–H groups in total.